The average Bonchev–Trinajstić information content (AvgIpc) is 3.51. The van der Waals surface area contributed by atoms with Crippen LogP contribution in [0, 0.1) is 11.3 Å². The van der Waals surface area contributed by atoms with Gasteiger partial charge in [0.15, 0.2) is 11.9 Å². The van der Waals surface area contributed by atoms with E-state index in [1.807, 2.05) is 0 Å². The Labute approximate surface area is 183 Å². The molecule has 0 spiro atoms. The van der Waals surface area contributed by atoms with Crippen molar-refractivity contribution in [2.24, 2.45) is 0 Å². The second kappa shape index (κ2) is 9.42. The highest BCUT2D eigenvalue weighted by atomic mass is 16.7. The molecule has 0 unspecified atom stereocenters. The first-order chi connectivity index (χ1) is 15.5. The van der Waals surface area contributed by atoms with E-state index in [4.69, 9.17) is 29.7 Å². The molecule has 164 valence electrons. The Bertz CT molecular complexity index is 1140. The first-order valence-electron chi connectivity index (χ1n) is 9.83. The molecule has 4 rings (SSSR count). The van der Waals surface area contributed by atoms with Crippen molar-refractivity contribution < 1.29 is 23.5 Å². The number of benzene rings is 1. The van der Waals surface area contributed by atoms with Gasteiger partial charge in [0.25, 0.3) is 5.91 Å². The molecular formula is C21H20N6O5. The molecule has 3 heterocycles. The van der Waals surface area contributed by atoms with E-state index in [-0.39, 0.29) is 29.2 Å². The van der Waals surface area contributed by atoms with Crippen LogP contribution in [0.15, 0.2) is 41.1 Å². The molecule has 1 fully saturated rings. The van der Waals surface area contributed by atoms with E-state index < -0.39 is 12.0 Å². The summed E-state index contributed by atoms with van der Waals surface area (Å²) in [5, 5.41) is 9.17. The Hall–Kier alpha value is -4.01. The van der Waals surface area contributed by atoms with Crippen LogP contribution in [0.3, 0.4) is 0 Å². The Kier molecular flexibility index (Phi) is 6.25. The Morgan fingerprint density at radius 1 is 1.41 bits per heavy atom. The largest absolute Gasteiger partial charge is 0.471 e. The molecule has 1 aromatic carbocycles. The molecule has 2 aromatic heterocycles. The van der Waals surface area contributed by atoms with Crippen LogP contribution in [0.25, 0.3) is 11.4 Å². The molecule has 11 nitrogen and oxygen atoms in total. The first-order valence-corrected chi connectivity index (χ1v) is 9.83. The lowest BCUT2D eigenvalue weighted by atomic mass is 10.1. The highest BCUT2D eigenvalue weighted by molar-refractivity contribution is 6.00. The highest BCUT2D eigenvalue weighted by Crippen LogP contribution is 2.28. The number of oxazole rings is 1. The zero-order valence-corrected chi connectivity index (χ0v) is 17.1. The Morgan fingerprint density at radius 3 is 3.00 bits per heavy atom. The van der Waals surface area contributed by atoms with Crippen molar-refractivity contribution in [3.63, 3.8) is 0 Å². The van der Waals surface area contributed by atoms with Crippen LogP contribution in [-0.4, -0.2) is 40.2 Å². The maximum Gasteiger partial charge on any atom is 0.284 e. The van der Waals surface area contributed by atoms with Crippen LogP contribution >= 0.6 is 0 Å². The standard InChI is InChI=1S/C21H20N6O5/c1-12(20-24-6-8-30-20)32-27-19(28)16-17(23)25-18(14-4-2-3-13(9-14)10-22)26-21(16)31-15-5-7-29-11-15/h2-4,6,8-9,12,15H,5,7,11H2,1H3,(H,27,28)(H2,23,25,26)/t12-,15+/m1/s1. The van der Waals surface area contributed by atoms with E-state index in [9.17, 15) is 4.79 Å². The van der Waals surface area contributed by atoms with Gasteiger partial charge in [-0.05, 0) is 19.1 Å². The Morgan fingerprint density at radius 2 is 2.28 bits per heavy atom. The number of hydrogen-bond acceptors (Lipinski definition) is 10. The number of nitrogen functional groups attached to an aromatic ring is 1. The number of nitrogens with zero attached hydrogens (tertiary/aromatic N) is 4. The summed E-state index contributed by atoms with van der Waals surface area (Å²) in [5.41, 5.74) is 9.37. The maximum atomic E-state index is 12.9. The van der Waals surface area contributed by atoms with Crippen molar-refractivity contribution in [1.29, 1.82) is 5.26 Å². The van der Waals surface area contributed by atoms with Gasteiger partial charge in [-0.3, -0.25) is 9.63 Å². The van der Waals surface area contributed by atoms with E-state index in [0.717, 1.165) is 0 Å². The monoisotopic (exact) mass is 436 g/mol. The fourth-order valence-electron chi connectivity index (χ4n) is 3.05. The number of carbonyl (C=O) groups is 1. The van der Waals surface area contributed by atoms with E-state index in [2.05, 4.69) is 26.5 Å². The van der Waals surface area contributed by atoms with Crippen LogP contribution in [0.5, 0.6) is 5.88 Å². The third-order valence-electron chi connectivity index (χ3n) is 4.67. The van der Waals surface area contributed by atoms with Crippen molar-refractivity contribution in [3.8, 4) is 23.3 Å². The average molecular weight is 436 g/mol. The number of nitriles is 1. The molecule has 0 saturated carbocycles. The zero-order chi connectivity index (χ0) is 22.5. The van der Waals surface area contributed by atoms with Gasteiger partial charge in [0.1, 0.15) is 23.7 Å². The number of carbonyl (C=O) groups excluding carboxylic acids is 1. The van der Waals surface area contributed by atoms with Gasteiger partial charge >= 0.3 is 0 Å². The number of ether oxygens (including phenoxy) is 2. The number of amides is 1. The van der Waals surface area contributed by atoms with E-state index in [0.29, 0.717) is 36.7 Å². The summed E-state index contributed by atoms with van der Waals surface area (Å²) in [6, 6.07) is 8.79. The fraction of sp³-hybridized carbons (Fsp3) is 0.286. The van der Waals surface area contributed by atoms with Gasteiger partial charge in [-0.1, -0.05) is 12.1 Å². The van der Waals surface area contributed by atoms with E-state index >= 15 is 0 Å². The van der Waals surface area contributed by atoms with E-state index in [1.165, 1.54) is 12.5 Å². The summed E-state index contributed by atoms with van der Waals surface area (Å²) in [6.45, 7) is 2.56. The molecule has 0 radical (unpaired) electrons. The van der Waals surface area contributed by atoms with Crippen LogP contribution in [-0.2, 0) is 9.57 Å². The molecular weight excluding hydrogens is 416 g/mol. The number of aromatic nitrogens is 3. The number of nitrogens with one attached hydrogen (secondary N) is 1. The molecule has 1 aliphatic rings. The first kappa shape index (κ1) is 21.2. The topological polar surface area (TPSA) is 158 Å². The Balaban J connectivity index is 1.63. The van der Waals surface area contributed by atoms with Gasteiger partial charge in [0.05, 0.1) is 31.0 Å². The molecule has 0 bridgehead atoms. The van der Waals surface area contributed by atoms with Crippen molar-refractivity contribution in [2.75, 3.05) is 18.9 Å². The molecule has 3 aromatic rings. The maximum absolute atomic E-state index is 12.9. The minimum atomic E-state index is -0.688. The summed E-state index contributed by atoms with van der Waals surface area (Å²) in [6.07, 6.45) is 2.58. The predicted molar refractivity (Wildman–Crippen MR) is 110 cm³/mol. The summed E-state index contributed by atoms with van der Waals surface area (Å²) in [4.78, 5) is 30.9. The van der Waals surface area contributed by atoms with Gasteiger partial charge < -0.3 is 19.6 Å². The third-order valence-corrected chi connectivity index (χ3v) is 4.67. The van der Waals surface area contributed by atoms with E-state index in [1.54, 1.807) is 31.2 Å². The van der Waals surface area contributed by atoms with Gasteiger partial charge in [-0.2, -0.15) is 10.2 Å². The van der Waals surface area contributed by atoms with Gasteiger partial charge in [0, 0.05) is 12.0 Å². The fourth-order valence-corrected chi connectivity index (χ4v) is 3.05. The lowest BCUT2D eigenvalue weighted by Crippen LogP contribution is -2.28. The van der Waals surface area contributed by atoms with Crippen LogP contribution < -0.4 is 16.0 Å². The summed E-state index contributed by atoms with van der Waals surface area (Å²) in [7, 11) is 0. The van der Waals surface area contributed by atoms with Gasteiger partial charge in [-0.25, -0.2) is 15.4 Å². The molecule has 2 atom stereocenters. The van der Waals surface area contributed by atoms with Gasteiger partial charge in [0.2, 0.25) is 11.8 Å². The second-order valence-electron chi connectivity index (χ2n) is 6.97. The summed E-state index contributed by atoms with van der Waals surface area (Å²) in [5.74, 6) is -0.278. The lowest BCUT2D eigenvalue weighted by Gasteiger charge is -2.17. The van der Waals surface area contributed by atoms with Crippen LogP contribution in [0.4, 0.5) is 5.82 Å². The van der Waals surface area contributed by atoms with Crippen molar-refractivity contribution in [3.05, 3.63) is 53.7 Å². The normalized spacial score (nSPS) is 16.3. The minimum Gasteiger partial charge on any atom is -0.471 e. The van der Waals surface area contributed by atoms with Crippen molar-refractivity contribution >= 4 is 11.7 Å². The quantitative estimate of drug-likeness (QED) is 0.526. The minimum absolute atomic E-state index is 0.00441. The molecule has 32 heavy (non-hydrogen) atoms. The number of nitrogens with two attached hydrogens (primary N) is 1. The lowest BCUT2D eigenvalue weighted by molar-refractivity contribution is -0.0201. The summed E-state index contributed by atoms with van der Waals surface area (Å²) < 4.78 is 16.4. The number of hydroxylamine groups is 1. The van der Waals surface area contributed by atoms with Gasteiger partial charge in [-0.15, -0.1) is 0 Å². The summed E-state index contributed by atoms with van der Waals surface area (Å²) >= 11 is 0. The SMILES string of the molecule is C[C@@H](ONC(=O)c1c(N)nc(-c2cccc(C#N)c2)nc1O[C@H]1CCOC1)c1ncco1. The highest BCUT2D eigenvalue weighted by Gasteiger charge is 2.27. The smallest absolute Gasteiger partial charge is 0.284 e. The molecule has 1 amide bonds. The molecule has 3 N–H and O–H groups in total. The molecule has 1 saturated heterocycles. The van der Waals surface area contributed by atoms with Crippen molar-refractivity contribution in [2.45, 2.75) is 25.6 Å². The van der Waals surface area contributed by atoms with Crippen molar-refractivity contribution in [1.82, 2.24) is 20.4 Å². The molecule has 0 aliphatic carbocycles. The second-order valence-corrected chi connectivity index (χ2v) is 6.97. The van der Waals surface area contributed by atoms with Crippen LogP contribution in [0.2, 0.25) is 0 Å². The predicted octanol–water partition coefficient (Wildman–Crippen LogP) is 2.18. The van der Waals surface area contributed by atoms with Crippen LogP contribution in [0.1, 0.15) is 41.3 Å². The third kappa shape index (κ3) is 4.66. The zero-order valence-electron chi connectivity index (χ0n) is 17.1. The number of anilines is 1. The molecule has 1 aliphatic heterocycles. The number of rotatable bonds is 7. The molecule has 11 heteroatoms. The number of hydrogen-bond donors (Lipinski definition) is 2.